The van der Waals surface area contributed by atoms with Gasteiger partial charge in [0.05, 0.1) is 17.7 Å². The lowest BCUT2D eigenvalue weighted by Gasteiger charge is -2.23. The van der Waals surface area contributed by atoms with Crippen molar-refractivity contribution in [3.8, 4) is 0 Å². The number of nitrogens with zero attached hydrogens (tertiary/aromatic N) is 5. The molecule has 0 bridgehead atoms. The van der Waals surface area contributed by atoms with Crippen LogP contribution in [0.15, 0.2) is 86.8 Å². The van der Waals surface area contributed by atoms with Crippen molar-refractivity contribution in [2.45, 2.75) is 32.2 Å². The fourth-order valence-corrected chi connectivity index (χ4v) is 3.57. The molecular formula is C27H31FN8. The predicted molar refractivity (Wildman–Crippen MR) is 145 cm³/mol. The van der Waals surface area contributed by atoms with E-state index in [9.17, 15) is 0 Å². The van der Waals surface area contributed by atoms with Crippen molar-refractivity contribution in [3.63, 3.8) is 0 Å². The minimum Gasteiger partial charge on any atom is -0.403 e. The Hall–Kier alpha value is -4.24. The summed E-state index contributed by atoms with van der Waals surface area (Å²) >= 11 is 0. The second kappa shape index (κ2) is 11.9. The third-order valence-corrected chi connectivity index (χ3v) is 5.47. The van der Waals surface area contributed by atoms with E-state index in [0.717, 1.165) is 11.3 Å². The highest BCUT2D eigenvalue weighted by Gasteiger charge is 2.20. The molecule has 1 unspecified atom stereocenters. The smallest absolute Gasteiger partial charge is 0.132 e. The van der Waals surface area contributed by atoms with Crippen molar-refractivity contribution in [1.82, 2.24) is 9.97 Å². The van der Waals surface area contributed by atoms with Gasteiger partial charge in [0.15, 0.2) is 0 Å². The van der Waals surface area contributed by atoms with Crippen molar-refractivity contribution in [1.29, 1.82) is 0 Å². The van der Waals surface area contributed by atoms with Crippen LogP contribution in [0.4, 0.5) is 4.39 Å². The maximum absolute atomic E-state index is 15.3. The third-order valence-electron chi connectivity index (χ3n) is 5.47. The first-order chi connectivity index (χ1) is 17.3. The second-order valence-electron chi connectivity index (χ2n) is 8.58. The van der Waals surface area contributed by atoms with Gasteiger partial charge >= 0.3 is 0 Å². The molecule has 0 radical (unpaired) electrons. The molecule has 0 amide bonds. The van der Waals surface area contributed by atoms with Crippen LogP contribution in [0.2, 0.25) is 0 Å². The normalized spacial score (nSPS) is 19.4. The van der Waals surface area contributed by atoms with Gasteiger partial charge in [0.2, 0.25) is 0 Å². The van der Waals surface area contributed by atoms with E-state index in [-0.39, 0.29) is 6.42 Å². The van der Waals surface area contributed by atoms with E-state index in [1.54, 1.807) is 31.6 Å². The summed E-state index contributed by atoms with van der Waals surface area (Å²) < 4.78 is 15.3. The molecule has 0 spiro atoms. The molecule has 36 heavy (non-hydrogen) atoms. The molecule has 0 saturated heterocycles. The van der Waals surface area contributed by atoms with E-state index in [4.69, 9.17) is 17.2 Å². The standard InChI is InChI=1S/C27H31FN8/c1-18-8-11-33-25(36-18)13-21-5-4-20(12-24(21)28)23(16-34-22(14-29)15-32-3)26(35-17-30)19-6-9-27(2,31)10-7-19/h4-9,11-12,14-17H,10,13,29,31H2,1-3H3,(H2,30,35)/b22-14?,26-23+,32-15?,34-16?. The number of halogens is 1. The highest BCUT2D eigenvalue weighted by atomic mass is 19.1. The zero-order chi connectivity index (χ0) is 26.1. The van der Waals surface area contributed by atoms with Crippen LogP contribution in [0.1, 0.15) is 36.0 Å². The summed E-state index contributed by atoms with van der Waals surface area (Å²) in [5, 5.41) is 0. The summed E-state index contributed by atoms with van der Waals surface area (Å²) in [5.74, 6) is 0.151. The number of hydrogen-bond acceptors (Lipinski definition) is 7. The van der Waals surface area contributed by atoms with Crippen LogP contribution in [0.5, 0.6) is 0 Å². The zero-order valence-corrected chi connectivity index (χ0v) is 20.7. The number of aromatic nitrogens is 2. The number of aliphatic imine (C=N–C) groups is 3. The Morgan fingerprint density at radius 1 is 1.19 bits per heavy atom. The van der Waals surface area contributed by atoms with Gasteiger partial charge in [0.1, 0.15) is 11.6 Å². The highest BCUT2D eigenvalue weighted by molar-refractivity contribution is 6.13. The first kappa shape index (κ1) is 26.4. The average Bonchev–Trinajstić information content (AvgIpc) is 2.84. The van der Waals surface area contributed by atoms with Crippen molar-refractivity contribution < 1.29 is 4.39 Å². The maximum Gasteiger partial charge on any atom is 0.132 e. The molecule has 1 aromatic heterocycles. The van der Waals surface area contributed by atoms with E-state index in [1.165, 1.54) is 24.8 Å². The Morgan fingerprint density at radius 3 is 2.61 bits per heavy atom. The molecule has 0 saturated carbocycles. The quantitative estimate of drug-likeness (QED) is 0.387. The van der Waals surface area contributed by atoms with Gasteiger partial charge in [-0.15, -0.1) is 0 Å². The highest BCUT2D eigenvalue weighted by Crippen LogP contribution is 2.30. The van der Waals surface area contributed by atoms with Crippen LogP contribution in [0, 0.1) is 12.7 Å². The molecule has 1 aliphatic rings. The van der Waals surface area contributed by atoms with Gasteiger partial charge in [0.25, 0.3) is 0 Å². The molecule has 9 heteroatoms. The van der Waals surface area contributed by atoms with Crippen LogP contribution in [-0.2, 0) is 6.42 Å². The number of aryl methyl sites for hydroxylation is 1. The van der Waals surface area contributed by atoms with Gasteiger partial charge in [-0.1, -0.05) is 30.4 Å². The lowest BCUT2D eigenvalue weighted by molar-refractivity contribution is 0.587. The van der Waals surface area contributed by atoms with Crippen LogP contribution in [-0.4, -0.2) is 41.3 Å². The van der Waals surface area contributed by atoms with Crippen molar-refractivity contribution in [3.05, 3.63) is 100 Å². The molecule has 8 nitrogen and oxygen atoms in total. The fraction of sp³-hybridized carbons (Fsp3) is 0.222. The molecule has 1 atom stereocenters. The minimum absolute atomic E-state index is 0.269. The Bertz CT molecular complexity index is 1310. The molecule has 186 valence electrons. The summed E-state index contributed by atoms with van der Waals surface area (Å²) in [4.78, 5) is 21.4. The lowest BCUT2D eigenvalue weighted by atomic mass is 9.89. The van der Waals surface area contributed by atoms with Gasteiger partial charge in [-0.05, 0) is 49.1 Å². The molecule has 0 fully saturated rings. The molecule has 3 rings (SSSR count). The Kier molecular flexibility index (Phi) is 8.75. The Balaban J connectivity index is 2.12. The monoisotopic (exact) mass is 486 g/mol. The molecule has 1 heterocycles. The largest absolute Gasteiger partial charge is 0.403 e. The molecule has 1 aromatic carbocycles. The maximum atomic E-state index is 15.3. The number of allylic oxidation sites excluding steroid dienone is 3. The third kappa shape index (κ3) is 6.89. The van der Waals surface area contributed by atoms with Crippen LogP contribution in [0.3, 0.4) is 0 Å². The molecule has 6 N–H and O–H groups in total. The number of hydrogen-bond donors (Lipinski definition) is 3. The van der Waals surface area contributed by atoms with Gasteiger partial charge in [-0.25, -0.2) is 19.4 Å². The zero-order valence-electron chi connectivity index (χ0n) is 20.7. The van der Waals surface area contributed by atoms with Crippen LogP contribution >= 0.6 is 0 Å². The molecule has 2 aromatic rings. The van der Waals surface area contributed by atoms with Crippen molar-refractivity contribution in [2.24, 2.45) is 32.2 Å². The number of benzene rings is 1. The fourth-order valence-electron chi connectivity index (χ4n) is 3.57. The van der Waals surface area contributed by atoms with Crippen LogP contribution < -0.4 is 17.2 Å². The molecule has 1 aliphatic carbocycles. The average molecular weight is 487 g/mol. The van der Waals surface area contributed by atoms with E-state index in [1.807, 2.05) is 38.1 Å². The number of rotatable bonds is 8. The Labute approximate surface area is 210 Å². The van der Waals surface area contributed by atoms with Gasteiger partial charge < -0.3 is 17.2 Å². The number of nitrogens with two attached hydrogens (primary N) is 3. The van der Waals surface area contributed by atoms with Crippen molar-refractivity contribution in [2.75, 3.05) is 7.05 Å². The van der Waals surface area contributed by atoms with Gasteiger partial charge in [-0.3, -0.25) is 9.98 Å². The summed E-state index contributed by atoms with van der Waals surface area (Å²) in [7, 11) is 1.62. The van der Waals surface area contributed by atoms with E-state index in [0.29, 0.717) is 40.3 Å². The molecular weight excluding hydrogens is 455 g/mol. The van der Waals surface area contributed by atoms with Gasteiger partial charge in [-0.2, -0.15) is 0 Å². The van der Waals surface area contributed by atoms with Crippen molar-refractivity contribution >= 4 is 24.3 Å². The molecule has 0 aliphatic heterocycles. The summed E-state index contributed by atoms with van der Waals surface area (Å²) in [6.07, 6.45) is 13.9. The summed E-state index contributed by atoms with van der Waals surface area (Å²) in [6, 6.07) is 6.76. The van der Waals surface area contributed by atoms with E-state index >= 15 is 4.39 Å². The summed E-state index contributed by atoms with van der Waals surface area (Å²) in [5.41, 5.74) is 21.3. The first-order valence-corrected chi connectivity index (χ1v) is 11.4. The second-order valence-corrected chi connectivity index (χ2v) is 8.58. The van der Waals surface area contributed by atoms with E-state index in [2.05, 4.69) is 24.9 Å². The van der Waals surface area contributed by atoms with Crippen LogP contribution in [0.25, 0.3) is 5.57 Å². The lowest BCUT2D eigenvalue weighted by Crippen LogP contribution is -2.34. The SMILES string of the molecule is CN=CC(=CN)N=C/C(=C(\N=CN)C1=CCC(C)(N)C=C1)c1ccc(Cc2nccc(C)n2)c(F)c1. The minimum atomic E-state index is -0.464. The topological polar surface area (TPSA) is 141 Å². The predicted octanol–water partition coefficient (Wildman–Crippen LogP) is 3.39. The first-order valence-electron chi connectivity index (χ1n) is 11.4. The Morgan fingerprint density at radius 2 is 2.00 bits per heavy atom. The summed E-state index contributed by atoms with van der Waals surface area (Å²) in [6.45, 7) is 3.80. The van der Waals surface area contributed by atoms with Gasteiger partial charge in [0, 0.05) is 55.1 Å². The van der Waals surface area contributed by atoms with E-state index < -0.39 is 11.4 Å².